The summed E-state index contributed by atoms with van der Waals surface area (Å²) in [5.41, 5.74) is 9.43. The van der Waals surface area contributed by atoms with Gasteiger partial charge in [-0.1, -0.05) is 42.5 Å². The van der Waals surface area contributed by atoms with Gasteiger partial charge in [-0.25, -0.2) is 0 Å². The molecule has 1 amide bonds. The van der Waals surface area contributed by atoms with Gasteiger partial charge in [-0.05, 0) is 67.6 Å². The Kier molecular flexibility index (Phi) is 7.72. The van der Waals surface area contributed by atoms with Gasteiger partial charge < -0.3 is 15.5 Å². The van der Waals surface area contributed by atoms with Gasteiger partial charge in [-0.3, -0.25) is 4.79 Å². The van der Waals surface area contributed by atoms with Crippen molar-refractivity contribution in [3.8, 4) is 6.07 Å². The van der Waals surface area contributed by atoms with Crippen LogP contribution in [0.1, 0.15) is 48.4 Å². The van der Waals surface area contributed by atoms with E-state index >= 15 is 0 Å². The minimum absolute atomic E-state index is 0. The first-order chi connectivity index (χ1) is 14.6. The van der Waals surface area contributed by atoms with Gasteiger partial charge in [-0.15, -0.1) is 12.4 Å². The Hall–Kier alpha value is -2.39. The zero-order valence-electron chi connectivity index (χ0n) is 17.9. The molecule has 164 valence electrons. The lowest BCUT2D eigenvalue weighted by Gasteiger charge is -2.39. The minimum atomic E-state index is 0. The van der Waals surface area contributed by atoms with E-state index in [1.807, 2.05) is 47.4 Å². The Morgan fingerprint density at radius 2 is 1.74 bits per heavy atom. The third-order valence-electron chi connectivity index (χ3n) is 6.76. The summed E-state index contributed by atoms with van der Waals surface area (Å²) in [7, 11) is 0. The molecule has 0 bridgehead atoms. The van der Waals surface area contributed by atoms with Crippen molar-refractivity contribution in [1.29, 1.82) is 5.26 Å². The lowest BCUT2D eigenvalue weighted by atomic mass is 9.77. The smallest absolute Gasteiger partial charge is 0.223 e. The molecule has 31 heavy (non-hydrogen) atoms. The molecule has 0 aromatic heterocycles. The standard InChI is InChI=1S/C25H30N4O.ClH/c26-17-20-6-8-21(9-7-20)18-29-19-25(16-24(29)30)11-14-28(15-12-25)13-10-23(27)22-4-2-1-3-5-22;/h1-9,23H,10-16,18-19,27H2;1H/t23-;/m0./s1. The van der Waals surface area contributed by atoms with Crippen LogP contribution in [0, 0.1) is 16.7 Å². The van der Waals surface area contributed by atoms with Gasteiger partial charge in [0.05, 0.1) is 11.6 Å². The molecule has 2 aliphatic heterocycles. The van der Waals surface area contributed by atoms with E-state index in [2.05, 4.69) is 23.1 Å². The van der Waals surface area contributed by atoms with E-state index in [9.17, 15) is 4.79 Å². The van der Waals surface area contributed by atoms with E-state index in [0.717, 1.165) is 51.0 Å². The Balaban J connectivity index is 0.00000272. The maximum absolute atomic E-state index is 12.7. The van der Waals surface area contributed by atoms with E-state index < -0.39 is 0 Å². The molecule has 6 heteroatoms. The minimum Gasteiger partial charge on any atom is -0.338 e. The van der Waals surface area contributed by atoms with Crippen LogP contribution in [0.5, 0.6) is 0 Å². The number of nitriles is 1. The Morgan fingerprint density at radius 3 is 2.39 bits per heavy atom. The normalized spacial score (nSPS) is 19.1. The molecule has 2 aromatic carbocycles. The number of nitrogens with zero attached hydrogens (tertiary/aromatic N) is 3. The summed E-state index contributed by atoms with van der Waals surface area (Å²) in [6, 6.07) is 20.1. The van der Waals surface area contributed by atoms with Crippen LogP contribution in [0.15, 0.2) is 54.6 Å². The largest absolute Gasteiger partial charge is 0.338 e. The SMILES string of the molecule is Cl.N#Cc1ccc(CN2CC3(CCN(CC[C@H](N)c4ccccc4)CC3)CC2=O)cc1. The fourth-order valence-electron chi connectivity index (χ4n) is 4.81. The summed E-state index contributed by atoms with van der Waals surface area (Å²) in [6.07, 6.45) is 3.77. The zero-order chi connectivity index (χ0) is 21.0. The van der Waals surface area contributed by atoms with E-state index in [-0.39, 0.29) is 29.8 Å². The summed E-state index contributed by atoms with van der Waals surface area (Å²) >= 11 is 0. The lowest BCUT2D eigenvalue weighted by Crippen LogP contribution is -2.42. The molecule has 2 fully saturated rings. The summed E-state index contributed by atoms with van der Waals surface area (Å²) in [4.78, 5) is 17.2. The van der Waals surface area contributed by atoms with Crippen molar-refractivity contribution in [2.24, 2.45) is 11.1 Å². The highest BCUT2D eigenvalue weighted by atomic mass is 35.5. The number of hydrogen-bond acceptors (Lipinski definition) is 4. The van der Waals surface area contributed by atoms with Crippen LogP contribution in [0.25, 0.3) is 0 Å². The quantitative estimate of drug-likeness (QED) is 0.742. The third-order valence-corrected chi connectivity index (χ3v) is 6.76. The topological polar surface area (TPSA) is 73.4 Å². The van der Waals surface area contributed by atoms with Crippen molar-refractivity contribution in [2.75, 3.05) is 26.2 Å². The van der Waals surface area contributed by atoms with Gasteiger partial charge in [0, 0.05) is 25.6 Å². The van der Waals surface area contributed by atoms with Gasteiger partial charge in [0.15, 0.2) is 0 Å². The van der Waals surface area contributed by atoms with Crippen molar-refractivity contribution in [1.82, 2.24) is 9.80 Å². The monoisotopic (exact) mass is 438 g/mol. The number of carbonyl (C=O) groups is 1. The number of halogens is 1. The molecule has 2 saturated heterocycles. The highest BCUT2D eigenvalue weighted by Crippen LogP contribution is 2.41. The molecule has 4 rings (SSSR count). The van der Waals surface area contributed by atoms with Crippen LogP contribution in [-0.4, -0.2) is 41.9 Å². The molecule has 0 radical (unpaired) electrons. The second-order valence-electron chi connectivity index (χ2n) is 8.88. The molecule has 5 nitrogen and oxygen atoms in total. The van der Waals surface area contributed by atoms with Crippen molar-refractivity contribution >= 4 is 18.3 Å². The fraction of sp³-hybridized carbons (Fsp3) is 0.440. The van der Waals surface area contributed by atoms with Gasteiger partial charge in [0.1, 0.15) is 0 Å². The summed E-state index contributed by atoms with van der Waals surface area (Å²) < 4.78 is 0. The molecule has 2 aliphatic rings. The Labute approximate surface area is 191 Å². The van der Waals surface area contributed by atoms with Crippen LogP contribution in [-0.2, 0) is 11.3 Å². The van der Waals surface area contributed by atoms with Crippen molar-refractivity contribution < 1.29 is 4.79 Å². The van der Waals surface area contributed by atoms with Crippen LogP contribution in [0.4, 0.5) is 0 Å². The number of rotatable bonds is 6. The predicted octanol–water partition coefficient (Wildman–Crippen LogP) is 3.88. The number of amides is 1. The molecule has 2 heterocycles. The number of piperidine rings is 1. The van der Waals surface area contributed by atoms with E-state index in [1.54, 1.807) is 0 Å². The molecule has 0 unspecified atom stereocenters. The molecular weight excluding hydrogens is 408 g/mol. The average molecular weight is 439 g/mol. The Morgan fingerprint density at radius 1 is 1.06 bits per heavy atom. The average Bonchev–Trinajstić information content (AvgIpc) is 3.08. The molecule has 1 spiro atoms. The van der Waals surface area contributed by atoms with E-state index in [1.165, 1.54) is 5.56 Å². The number of carbonyl (C=O) groups excluding carboxylic acids is 1. The van der Waals surface area contributed by atoms with E-state index in [0.29, 0.717) is 18.5 Å². The number of nitrogens with two attached hydrogens (primary N) is 1. The number of hydrogen-bond donors (Lipinski definition) is 1. The third kappa shape index (κ3) is 5.65. The summed E-state index contributed by atoms with van der Waals surface area (Å²) in [5, 5.41) is 8.94. The van der Waals surface area contributed by atoms with Crippen LogP contribution in [0.2, 0.25) is 0 Å². The number of benzene rings is 2. The molecule has 1 atom stereocenters. The Bertz CT molecular complexity index is 901. The van der Waals surface area contributed by atoms with Crippen molar-refractivity contribution in [3.63, 3.8) is 0 Å². The predicted molar refractivity (Wildman–Crippen MR) is 125 cm³/mol. The first-order valence-electron chi connectivity index (χ1n) is 10.9. The maximum Gasteiger partial charge on any atom is 0.223 e. The zero-order valence-corrected chi connectivity index (χ0v) is 18.7. The second-order valence-corrected chi connectivity index (χ2v) is 8.88. The van der Waals surface area contributed by atoms with E-state index in [4.69, 9.17) is 11.0 Å². The summed E-state index contributed by atoms with van der Waals surface area (Å²) in [6.45, 7) is 4.58. The molecule has 0 saturated carbocycles. The summed E-state index contributed by atoms with van der Waals surface area (Å²) in [5.74, 6) is 0.263. The second kappa shape index (κ2) is 10.3. The van der Waals surface area contributed by atoms with Gasteiger partial charge >= 0.3 is 0 Å². The van der Waals surface area contributed by atoms with Crippen molar-refractivity contribution in [3.05, 3.63) is 71.3 Å². The molecule has 2 N–H and O–H groups in total. The van der Waals surface area contributed by atoms with Crippen LogP contribution >= 0.6 is 12.4 Å². The molecule has 2 aromatic rings. The van der Waals surface area contributed by atoms with Crippen LogP contribution in [0.3, 0.4) is 0 Å². The van der Waals surface area contributed by atoms with Crippen molar-refractivity contribution in [2.45, 2.75) is 38.3 Å². The fourth-order valence-corrected chi connectivity index (χ4v) is 4.81. The van der Waals surface area contributed by atoms with Gasteiger partial charge in [-0.2, -0.15) is 5.26 Å². The maximum atomic E-state index is 12.7. The lowest BCUT2D eigenvalue weighted by molar-refractivity contribution is -0.128. The highest BCUT2D eigenvalue weighted by Gasteiger charge is 2.44. The first kappa shape index (κ1) is 23.3. The van der Waals surface area contributed by atoms with Gasteiger partial charge in [0.25, 0.3) is 0 Å². The molecule has 0 aliphatic carbocycles. The highest BCUT2D eigenvalue weighted by molar-refractivity contribution is 5.85. The molecular formula is C25H31ClN4O. The van der Waals surface area contributed by atoms with Crippen LogP contribution < -0.4 is 5.73 Å². The number of likely N-dealkylation sites (tertiary alicyclic amines) is 2. The first-order valence-corrected chi connectivity index (χ1v) is 10.9. The van der Waals surface area contributed by atoms with Gasteiger partial charge in [0.2, 0.25) is 5.91 Å².